The summed E-state index contributed by atoms with van der Waals surface area (Å²) in [6.45, 7) is 5.65. The Morgan fingerprint density at radius 1 is 0.725 bits per heavy atom. The number of carbonyl (C=O) groups excluding carboxylic acids is 8. The average Bonchev–Trinajstić information content (AvgIpc) is 0.773. The Balaban J connectivity index is 0.0000121. The van der Waals surface area contributed by atoms with Crippen LogP contribution in [-0.2, 0) is 74.9 Å². The number of aromatic hydroxyl groups is 3. The van der Waals surface area contributed by atoms with Crippen molar-refractivity contribution in [3.05, 3.63) is 117 Å². The van der Waals surface area contributed by atoms with Gasteiger partial charge in [0.1, 0.15) is 89.5 Å². The van der Waals surface area contributed by atoms with E-state index < -0.39 is 237 Å². The fourth-order valence-corrected chi connectivity index (χ4v) is 12.9. The number of carbonyl (C=O) groups is 8. The number of carboxylic acids is 1. The minimum atomic E-state index is -2.36. The molecule has 5 aromatic rings. The van der Waals surface area contributed by atoms with E-state index in [1.54, 1.807) is 0 Å². The Kier molecular flexibility index (Phi) is 24.1. The molecule has 102 heavy (non-hydrogen) atoms. The fourth-order valence-electron chi connectivity index (χ4n) is 12.5. The second-order valence-electron chi connectivity index (χ2n) is 25.7. The molecular formula is C66H74AgCl2N9O24. The molecule has 33 nitrogen and oxygen atoms in total. The Morgan fingerprint density at radius 3 is 1.90 bits per heavy atom. The van der Waals surface area contributed by atoms with Crippen LogP contribution in [0.15, 0.2) is 78.9 Å². The molecule has 36 heteroatoms. The summed E-state index contributed by atoms with van der Waals surface area (Å²) in [7, 11) is 1.47. The van der Waals surface area contributed by atoms with Crippen molar-refractivity contribution in [2.24, 2.45) is 17.4 Å². The van der Waals surface area contributed by atoms with Crippen LogP contribution in [0.5, 0.6) is 46.0 Å². The normalized spacial score (nSPS) is 29.1. The molecule has 7 aliphatic heterocycles. The van der Waals surface area contributed by atoms with Crippen molar-refractivity contribution in [3.8, 4) is 57.1 Å². The third-order valence-corrected chi connectivity index (χ3v) is 18.4. The van der Waals surface area contributed by atoms with Crippen LogP contribution in [0.3, 0.4) is 0 Å². The van der Waals surface area contributed by atoms with Crippen LogP contribution in [0, 0.1) is 5.92 Å². The molecule has 20 N–H and O–H groups in total. The smallest absolute Gasteiger partial charge is 0.548 e. The number of phenols is 3. The standard InChI is InChI=1S/C66H75Cl2N9O24.Ag/c1-23(2)12-34(71-5)58(88)76-49-51(83)26-7-10-38(32(67)14-26)97-40-16-28-17-41(55(40)101-65-56(54(86)53(85)42(22-78)99-65)100-44-21-66(4,70)57(87)24(3)96-44)98-39-11-8-27(15-33(39)68)52(84)50-63(93)75-48(64(94)95)31-18-29(79)19-37(81)45(31)30-13-25(6-9-36(30)80)46(60(90)77-50)74-61(91)47(28)73-59(89)35(20-43(69)82)72-62(49)92;/h6-11,13-19,23-24,34-35,42,44,46-54,56-57,65,71,78-81,83-87H,12,20-22,70H2,1-5H3,(H2,69,82)(H,72,92)(H,73,89)(H,74,91)(H,75,93)(H,76,88)(H,77,90)(H,94,95);/q;+1/p-1/t24-,34+,35-,42+,44-,46+,47+,48-,49+,50-,51+,52+,53+,54-,56+,57+,65-,66-;/m0./s1. The number of nitrogens with two attached hydrogens (primary N) is 2. The molecule has 0 radical (unpaired) electrons. The third-order valence-electron chi connectivity index (χ3n) is 17.8. The first-order chi connectivity index (χ1) is 47.7. The number of carboxylic acid groups (broad SMARTS) is 1. The van der Waals surface area contributed by atoms with Crippen molar-refractivity contribution >= 4 is 70.5 Å². The van der Waals surface area contributed by atoms with E-state index in [0.29, 0.717) is 0 Å². The number of hydrogen-bond donors (Lipinski definition) is 18. The number of aliphatic hydroxyl groups excluding tert-OH is 6. The topological polar surface area (TPSA) is 533 Å². The number of fused-ring (bicyclic) bond motifs is 15. The van der Waals surface area contributed by atoms with Crippen molar-refractivity contribution in [2.75, 3.05) is 13.7 Å². The van der Waals surface area contributed by atoms with Gasteiger partial charge in [0.25, 0.3) is 0 Å². The molecule has 18 atom stereocenters. The van der Waals surface area contributed by atoms with Crippen molar-refractivity contribution in [1.29, 1.82) is 0 Å². The maximum atomic E-state index is 16.0. The van der Waals surface area contributed by atoms with Crippen molar-refractivity contribution in [2.45, 2.75) is 156 Å². The molecule has 11 bridgehead atoms. The summed E-state index contributed by atoms with van der Waals surface area (Å²) in [6, 6.07) is -1.01. The number of hydrogen-bond acceptors (Lipinski definition) is 26. The molecule has 7 amide bonds. The summed E-state index contributed by atoms with van der Waals surface area (Å²) in [5, 5.41) is 133. The van der Waals surface area contributed by atoms with Crippen LogP contribution in [-0.4, -0.2) is 186 Å². The molecule has 5 aromatic carbocycles. The molecule has 7 aliphatic rings. The van der Waals surface area contributed by atoms with Gasteiger partial charge in [-0.05, 0) is 116 Å². The summed E-state index contributed by atoms with van der Waals surface area (Å²) in [5.74, 6) is -16.4. The minimum absolute atomic E-state index is 0. The van der Waals surface area contributed by atoms with Gasteiger partial charge < -0.3 is 133 Å². The van der Waals surface area contributed by atoms with Crippen LogP contribution in [0.4, 0.5) is 0 Å². The predicted molar refractivity (Wildman–Crippen MR) is 347 cm³/mol. The number of aliphatic carboxylic acids is 1. The van der Waals surface area contributed by atoms with Crippen molar-refractivity contribution < 1.29 is 140 Å². The molecule has 0 aromatic heterocycles. The fraction of sp³-hybridized carbons (Fsp3) is 0.424. The monoisotopic (exact) mass is 1550 g/mol. The SMILES string of the molecule is CN[C@H](CC(C)C)C(=O)N[C@H]1C(=O)N[C@@H](CC(N)=O)C(=O)N[C@H]2C(=O)N[C@H]3C(=O)N[C@H](C(=O)N[C@H](C(=O)[O-])c4cc(O)cc(O)c4-c4cc3ccc4O)[C@H](O)c3ccc(c(Cl)c3)Oc3cc2cc(c3O[C@@H]2O[C@H](CO)[C@@H](O)[C@H](O)[C@H]2O[C@H]2C[C@](C)(N)[C@H](O)[C@H](C)O2)Oc2ccc(cc2Cl)[C@H]1O.[Ag+]. The average molecular weight is 1560 g/mol. The number of likely N-dealkylation sites (N-methyl/N-ethyl adjacent to an activating group) is 1. The predicted octanol–water partition coefficient (Wildman–Crippen LogP) is -1.23. The Morgan fingerprint density at radius 2 is 1.32 bits per heavy atom. The van der Waals surface area contributed by atoms with E-state index >= 15 is 14.4 Å². The zero-order valence-corrected chi connectivity index (χ0v) is 57.6. The number of benzene rings is 5. The number of primary amides is 1. The van der Waals surface area contributed by atoms with Gasteiger partial charge in [-0.1, -0.05) is 55.2 Å². The van der Waals surface area contributed by atoms with E-state index in [4.69, 9.17) is 63.1 Å². The molecule has 2 saturated heterocycles. The first-order valence-corrected chi connectivity index (χ1v) is 32.4. The molecule has 0 aliphatic carbocycles. The minimum Gasteiger partial charge on any atom is -0.548 e. The number of aliphatic hydroxyl groups is 6. The van der Waals surface area contributed by atoms with Crippen molar-refractivity contribution in [1.82, 2.24) is 37.2 Å². The quantitative estimate of drug-likeness (QED) is 0.0614. The molecule has 0 saturated carbocycles. The zero-order chi connectivity index (χ0) is 73.5. The van der Waals surface area contributed by atoms with Crippen LogP contribution in [0.25, 0.3) is 11.1 Å². The summed E-state index contributed by atoms with van der Waals surface area (Å²) < 4.78 is 38.3. The molecule has 0 unspecified atom stereocenters. The number of ether oxygens (including phenoxy) is 6. The Hall–Kier alpha value is -8.46. The molecule has 0 spiro atoms. The van der Waals surface area contributed by atoms with Gasteiger partial charge in [-0.15, -0.1) is 0 Å². The van der Waals surface area contributed by atoms with E-state index in [1.165, 1.54) is 33.0 Å². The number of amides is 7. The summed E-state index contributed by atoms with van der Waals surface area (Å²) in [4.78, 5) is 117. The summed E-state index contributed by atoms with van der Waals surface area (Å²) in [6.07, 6.45) is -18.6. The molecular weight excluding hydrogens is 1480 g/mol. The van der Waals surface area contributed by atoms with Gasteiger partial charge in [-0.2, -0.15) is 0 Å². The van der Waals surface area contributed by atoms with E-state index in [9.17, 15) is 75.0 Å². The number of halogens is 2. The van der Waals surface area contributed by atoms with Gasteiger partial charge in [0, 0.05) is 29.2 Å². The maximum absolute atomic E-state index is 16.0. The summed E-state index contributed by atoms with van der Waals surface area (Å²) in [5.41, 5.74) is 7.83. The number of rotatable bonds is 13. The van der Waals surface area contributed by atoms with E-state index in [2.05, 4.69) is 37.2 Å². The Bertz CT molecular complexity index is 4080. The largest absolute Gasteiger partial charge is 1.00 e. The van der Waals surface area contributed by atoms with Gasteiger partial charge in [0.2, 0.25) is 53.4 Å². The molecule has 2 fully saturated rings. The molecule has 12 rings (SSSR count). The van der Waals surface area contributed by atoms with Crippen molar-refractivity contribution in [3.63, 3.8) is 0 Å². The summed E-state index contributed by atoms with van der Waals surface area (Å²) >= 11 is 14.1. The first-order valence-electron chi connectivity index (χ1n) is 31.6. The van der Waals surface area contributed by atoms with Crippen LogP contribution < -0.4 is 68.0 Å². The van der Waals surface area contributed by atoms with Crippen LogP contribution >= 0.6 is 23.2 Å². The molecule has 7 heterocycles. The second kappa shape index (κ2) is 31.6. The van der Waals surface area contributed by atoms with Crippen LogP contribution in [0.1, 0.15) is 105 Å². The number of nitrogens with one attached hydrogen (secondary N) is 7. The van der Waals surface area contributed by atoms with Gasteiger partial charge >= 0.3 is 22.4 Å². The molecule has 552 valence electrons. The van der Waals surface area contributed by atoms with Gasteiger partial charge in [0.05, 0.1) is 53.3 Å². The maximum Gasteiger partial charge on any atom is 1.00 e. The third kappa shape index (κ3) is 16.5. The van der Waals surface area contributed by atoms with Gasteiger partial charge in [0.15, 0.2) is 23.9 Å². The van der Waals surface area contributed by atoms with E-state index in [0.717, 1.165) is 66.7 Å². The second-order valence-corrected chi connectivity index (χ2v) is 26.5. The first kappa shape index (κ1) is 77.7. The zero-order valence-electron chi connectivity index (χ0n) is 54.6. The van der Waals surface area contributed by atoms with E-state index in [-0.39, 0.29) is 68.6 Å². The Labute approximate surface area is 605 Å². The number of phenolic OH excluding ortho intramolecular Hbond substituents is 3. The van der Waals surface area contributed by atoms with E-state index in [1.807, 2.05) is 13.8 Å². The van der Waals surface area contributed by atoms with Gasteiger partial charge in [-0.3, -0.25) is 33.6 Å². The van der Waals surface area contributed by atoms with Crippen LogP contribution in [0.2, 0.25) is 10.0 Å². The van der Waals surface area contributed by atoms with Gasteiger partial charge in [-0.25, -0.2) is 0 Å².